The van der Waals surface area contributed by atoms with Crippen molar-refractivity contribution in [2.24, 2.45) is 10.6 Å². The molecule has 0 spiro atoms. The van der Waals surface area contributed by atoms with Crippen LogP contribution in [0.1, 0.15) is 105 Å². The van der Waals surface area contributed by atoms with Crippen molar-refractivity contribution in [3.8, 4) is 0 Å². The van der Waals surface area contributed by atoms with E-state index in [1.807, 2.05) is 32.6 Å². The minimum absolute atomic E-state index is 0.122. The lowest BCUT2D eigenvalue weighted by Gasteiger charge is -2.31. The van der Waals surface area contributed by atoms with E-state index in [0.29, 0.717) is 12.1 Å². The molecule has 0 aliphatic heterocycles. The Morgan fingerprint density at radius 1 is 1.04 bits per heavy atom. The summed E-state index contributed by atoms with van der Waals surface area (Å²) in [5.74, 6) is 0.122. The molecule has 0 heterocycles. The zero-order valence-corrected chi connectivity index (χ0v) is 18.1. The van der Waals surface area contributed by atoms with Gasteiger partial charge in [0.1, 0.15) is 6.04 Å². The van der Waals surface area contributed by atoms with Crippen molar-refractivity contribution in [3.63, 3.8) is 0 Å². The molecule has 27 heavy (non-hydrogen) atoms. The molecule has 0 radical (unpaired) electrons. The van der Waals surface area contributed by atoms with Gasteiger partial charge in [0.25, 0.3) is 0 Å². The van der Waals surface area contributed by atoms with Crippen LogP contribution >= 0.6 is 0 Å². The first-order chi connectivity index (χ1) is 12.8. The summed E-state index contributed by atoms with van der Waals surface area (Å²) in [6, 6.07) is 1.12. The Morgan fingerprint density at radius 3 is 2.11 bits per heavy atom. The summed E-state index contributed by atoms with van der Waals surface area (Å²) in [7, 11) is 0. The van der Waals surface area contributed by atoms with Crippen LogP contribution in [0.2, 0.25) is 0 Å². The predicted octanol–water partition coefficient (Wildman–Crippen LogP) is 3.77. The molecule has 5 heteroatoms. The first-order valence-electron chi connectivity index (χ1n) is 11.0. The molecule has 2 aliphatic carbocycles. The average molecular weight is 379 g/mol. The molecule has 2 fully saturated rings. The molecule has 0 aromatic heterocycles. The molecule has 0 bridgehead atoms. The quantitative estimate of drug-likeness (QED) is 0.460. The van der Waals surface area contributed by atoms with Gasteiger partial charge in [0.05, 0.1) is 17.2 Å². The van der Waals surface area contributed by atoms with Crippen LogP contribution in [0.15, 0.2) is 5.16 Å². The largest absolute Gasteiger partial charge is 0.478 e. The number of oxime groups is 1. The maximum Gasteiger partial charge on any atom is 0.478 e. The third kappa shape index (κ3) is 6.62. The van der Waals surface area contributed by atoms with Crippen LogP contribution in [0.4, 0.5) is 0 Å². The number of carbonyl (C=O) groups is 1. The zero-order valence-electron chi connectivity index (χ0n) is 18.1. The van der Waals surface area contributed by atoms with Crippen LogP contribution < -0.4 is 4.99 Å². The van der Waals surface area contributed by atoms with E-state index in [2.05, 4.69) is 17.1 Å². The lowest BCUT2D eigenvalue weighted by atomic mass is 9.90. The van der Waals surface area contributed by atoms with E-state index >= 15 is 0 Å². The van der Waals surface area contributed by atoms with Crippen molar-refractivity contribution in [1.82, 2.24) is 4.90 Å². The minimum Gasteiger partial charge on any atom is -0.279 e. The van der Waals surface area contributed by atoms with Gasteiger partial charge in [-0.1, -0.05) is 24.9 Å². The third-order valence-electron chi connectivity index (χ3n) is 5.75. The highest BCUT2D eigenvalue weighted by atomic mass is 16.6. The van der Waals surface area contributed by atoms with Gasteiger partial charge >= 0.3 is 11.9 Å². The number of rotatable bonds is 4. The highest BCUT2D eigenvalue weighted by Gasteiger charge is 2.44. The maximum absolute atomic E-state index is 13.4. The second kappa shape index (κ2) is 10.2. The highest BCUT2D eigenvalue weighted by Crippen LogP contribution is 2.27. The van der Waals surface area contributed by atoms with Crippen molar-refractivity contribution < 1.29 is 14.6 Å². The van der Waals surface area contributed by atoms with Crippen molar-refractivity contribution in [2.75, 3.05) is 0 Å². The second-order valence-electron chi connectivity index (χ2n) is 9.27. The molecule has 1 amide bonds. The summed E-state index contributed by atoms with van der Waals surface area (Å²) >= 11 is 0. The number of amidine groups is 1. The highest BCUT2D eigenvalue weighted by molar-refractivity contribution is 5.95. The van der Waals surface area contributed by atoms with Gasteiger partial charge in [0.15, 0.2) is 0 Å². The normalized spacial score (nSPS) is 21.2. The Balaban J connectivity index is 2.36. The van der Waals surface area contributed by atoms with E-state index in [1.54, 1.807) is 0 Å². The fourth-order valence-electron chi connectivity index (χ4n) is 3.87. The Kier molecular flexibility index (Phi) is 8.30. The Labute approximate surface area is 165 Å². The molecule has 0 atom stereocenters. The van der Waals surface area contributed by atoms with E-state index in [0.717, 1.165) is 37.8 Å². The number of nitrogens with zero attached hydrogens (tertiary/aromatic N) is 2. The standard InChI is InChI=1S/C22H39N3O2/c1-6-17(2)24-27-21(23-18-13-9-7-10-14-18)25(20(26)22(3,4)5)19-15-11-8-12-16-19/h18-19H,6-16H2,1-5H3/p+1. The molecule has 0 aromatic carbocycles. The molecular weight excluding hydrogens is 338 g/mol. The number of hydrogen-bond acceptors (Lipinski definition) is 3. The molecule has 2 aliphatic rings. The van der Waals surface area contributed by atoms with Crippen LogP contribution in [0.3, 0.4) is 0 Å². The summed E-state index contributed by atoms with van der Waals surface area (Å²) in [6.45, 7) is 10.0. The average Bonchev–Trinajstić information content (AvgIpc) is 2.66. The minimum atomic E-state index is -0.455. The Hall–Kier alpha value is -1.39. The van der Waals surface area contributed by atoms with E-state index in [-0.39, 0.29) is 11.9 Å². The molecule has 2 saturated carbocycles. The van der Waals surface area contributed by atoms with Crippen LogP contribution in [0.25, 0.3) is 0 Å². The fraction of sp³-hybridized carbons (Fsp3) is 0.864. The molecule has 0 saturated heterocycles. The van der Waals surface area contributed by atoms with Crippen molar-refractivity contribution in [1.29, 1.82) is 0 Å². The van der Waals surface area contributed by atoms with E-state index in [4.69, 9.17) is 4.84 Å². The van der Waals surface area contributed by atoms with Crippen LogP contribution in [-0.4, -0.2) is 34.6 Å². The summed E-state index contributed by atoms with van der Waals surface area (Å²) in [5, 5.41) is 4.31. The van der Waals surface area contributed by atoms with Gasteiger partial charge in [-0.2, -0.15) is 4.90 Å². The van der Waals surface area contributed by atoms with Crippen LogP contribution in [0.5, 0.6) is 0 Å². The first-order valence-corrected chi connectivity index (χ1v) is 11.0. The van der Waals surface area contributed by atoms with Gasteiger partial charge in [-0.25, -0.2) is 9.79 Å². The lowest BCUT2D eigenvalue weighted by molar-refractivity contribution is -0.522. The van der Waals surface area contributed by atoms with Gasteiger partial charge in [-0.15, -0.1) is 0 Å². The molecule has 154 valence electrons. The fourth-order valence-corrected chi connectivity index (χ4v) is 3.87. The molecule has 5 nitrogen and oxygen atoms in total. The zero-order chi connectivity index (χ0) is 19.9. The smallest absolute Gasteiger partial charge is 0.279 e. The Bertz CT molecular complexity index is 536. The molecule has 1 N–H and O–H groups in total. The monoisotopic (exact) mass is 378 g/mol. The SMILES string of the molecule is CCC(C)=NOC(=[NH+]C1CCCCC1)N(C(=O)C(C)(C)C)C1CCCCC1. The van der Waals surface area contributed by atoms with Crippen molar-refractivity contribution >= 4 is 17.6 Å². The molecule has 2 rings (SSSR count). The van der Waals surface area contributed by atoms with Gasteiger partial charge in [-0.3, -0.25) is 4.84 Å². The van der Waals surface area contributed by atoms with Crippen LogP contribution in [0, 0.1) is 5.41 Å². The van der Waals surface area contributed by atoms with E-state index < -0.39 is 5.41 Å². The van der Waals surface area contributed by atoms with Gasteiger partial charge < -0.3 is 0 Å². The molecule has 0 aromatic rings. The summed E-state index contributed by atoms with van der Waals surface area (Å²) in [4.78, 5) is 24.8. The summed E-state index contributed by atoms with van der Waals surface area (Å²) in [5.41, 5.74) is 0.480. The predicted molar refractivity (Wildman–Crippen MR) is 111 cm³/mol. The third-order valence-corrected chi connectivity index (χ3v) is 5.75. The van der Waals surface area contributed by atoms with E-state index in [9.17, 15) is 4.79 Å². The lowest BCUT2D eigenvalue weighted by Crippen LogP contribution is -2.84. The molecular formula is C22H40N3O2+. The summed E-state index contributed by atoms with van der Waals surface area (Å²) in [6.07, 6.45) is 12.6. The second-order valence-corrected chi connectivity index (χ2v) is 9.27. The van der Waals surface area contributed by atoms with Crippen LogP contribution in [-0.2, 0) is 9.63 Å². The summed E-state index contributed by atoms with van der Waals surface area (Å²) < 4.78 is 0. The van der Waals surface area contributed by atoms with Gasteiger partial charge in [0, 0.05) is 0 Å². The molecule has 0 unspecified atom stereocenters. The van der Waals surface area contributed by atoms with Crippen molar-refractivity contribution in [2.45, 2.75) is 117 Å². The Morgan fingerprint density at radius 2 is 1.59 bits per heavy atom. The maximum atomic E-state index is 13.4. The number of nitrogens with one attached hydrogen (secondary N) is 1. The van der Waals surface area contributed by atoms with Crippen molar-refractivity contribution in [3.05, 3.63) is 0 Å². The van der Waals surface area contributed by atoms with E-state index in [1.165, 1.54) is 38.5 Å². The number of carbonyl (C=O) groups excluding carboxylic acids is 1. The van der Waals surface area contributed by atoms with Gasteiger partial charge in [0.2, 0.25) is 0 Å². The number of hydrogen-bond donors (Lipinski definition) is 1. The topological polar surface area (TPSA) is 55.9 Å². The van der Waals surface area contributed by atoms with Gasteiger partial charge in [-0.05, 0) is 85.5 Å². The first kappa shape index (κ1) is 21.9. The number of amides is 1.